The SMILES string of the molecule is CC(=O)N1CCc2ccccc2[C@@H]1CC(=O)Nc1ccc(=O)n(C)c1. The Kier molecular flexibility index (Phi) is 4.70. The van der Waals surface area contributed by atoms with E-state index < -0.39 is 0 Å². The summed E-state index contributed by atoms with van der Waals surface area (Å²) in [4.78, 5) is 37.7. The monoisotopic (exact) mass is 339 g/mol. The molecule has 1 aromatic heterocycles. The van der Waals surface area contributed by atoms with Gasteiger partial charge in [0.05, 0.1) is 18.2 Å². The number of aryl methyl sites for hydroxylation is 1. The Morgan fingerprint density at radius 2 is 1.96 bits per heavy atom. The second-order valence-electron chi connectivity index (χ2n) is 6.30. The summed E-state index contributed by atoms with van der Waals surface area (Å²) in [7, 11) is 1.63. The summed E-state index contributed by atoms with van der Waals surface area (Å²) >= 11 is 0. The van der Waals surface area contributed by atoms with Crippen molar-refractivity contribution >= 4 is 17.5 Å². The lowest BCUT2D eigenvalue weighted by Gasteiger charge is -2.36. The number of amides is 2. The smallest absolute Gasteiger partial charge is 0.250 e. The van der Waals surface area contributed by atoms with Gasteiger partial charge in [0.15, 0.2) is 0 Å². The van der Waals surface area contributed by atoms with Crippen molar-refractivity contribution in [1.29, 1.82) is 0 Å². The number of hydrogen-bond acceptors (Lipinski definition) is 3. The summed E-state index contributed by atoms with van der Waals surface area (Å²) in [5.74, 6) is -0.221. The van der Waals surface area contributed by atoms with Crippen molar-refractivity contribution in [3.8, 4) is 0 Å². The molecule has 2 amide bonds. The molecule has 2 aromatic rings. The number of fused-ring (bicyclic) bond motifs is 1. The van der Waals surface area contributed by atoms with Gasteiger partial charge in [0.1, 0.15) is 0 Å². The number of carbonyl (C=O) groups excluding carboxylic acids is 2. The van der Waals surface area contributed by atoms with E-state index in [1.165, 1.54) is 23.1 Å². The molecule has 3 rings (SSSR count). The molecule has 2 heterocycles. The first-order valence-electron chi connectivity index (χ1n) is 8.27. The second-order valence-corrected chi connectivity index (χ2v) is 6.30. The molecule has 130 valence electrons. The molecule has 6 heteroatoms. The number of aromatic nitrogens is 1. The van der Waals surface area contributed by atoms with Crippen LogP contribution in [0.3, 0.4) is 0 Å². The highest BCUT2D eigenvalue weighted by Crippen LogP contribution is 2.32. The molecule has 0 saturated carbocycles. The van der Waals surface area contributed by atoms with Gasteiger partial charge in [-0.1, -0.05) is 24.3 Å². The number of hydrogen-bond donors (Lipinski definition) is 1. The first-order chi connectivity index (χ1) is 12.0. The zero-order valence-electron chi connectivity index (χ0n) is 14.4. The van der Waals surface area contributed by atoms with E-state index in [1.54, 1.807) is 24.2 Å². The zero-order chi connectivity index (χ0) is 18.0. The predicted octanol–water partition coefficient (Wildman–Crippen LogP) is 1.86. The summed E-state index contributed by atoms with van der Waals surface area (Å²) in [6.07, 6.45) is 2.56. The molecule has 6 nitrogen and oxygen atoms in total. The van der Waals surface area contributed by atoms with E-state index in [-0.39, 0.29) is 29.8 Å². The molecule has 25 heavy (non-hydrogen) atoms. The molecule has 0 fully saturated rings. The number of anilines is 1. The molecule has 0 bridgehead atoms. The van der Waals surface area contributed by atoms with Crippen LogP contribution in [0.1, 0.15) is 30.5 Å². The lowest BCUT2D eigenvalue weighted by Crippen LogP contribution is -2.40. The summed E-state index contributed by atoms with van der Waals surface area (Å²) in [6.45, 7) is 2.15. The third-order valence-corrected chi connectivity index (χ3v) is 4.57. The van der Waals surface area contributed by atoms with Crippen molar-refractivity contribution in [2.24, 2.45) is 7.05 Å². The van der Waals surface area contributed by atoms with Crippen molar-refractivity contribution in [2.75, 3.05) is 11.9 Å². The van der Waals surface area contributed by atoms with E-state index in [0.717, 1.165) is 12.0 Å². The summed E-state index contributed by atoms with van der Waals surface area (Å²) in [6, 6.07) is 10.7. The van der Waals surface area contributed by atoms with E-state index in [0.29, 0.717) is 12.2 Å². The Morgan fingerprint density at radius 3 is 2.68 bits per heavy atom. The maximum atomic E-state index is 12.5. The van der Waals surface area contributed by atoms with Crippen molar-refractivity contribution in [2.45, 2.75) is 25.8 Å². The van der Waals surface area contributed by atoms with Crippen LogP contribution in [-0.4, -0.2) is 27.8 Å². The van der Waals surface area contributed by atoms with Gasteiger partial charge in [-0.15, -0.1) is 0 Å². The standard InChI is InChI=1S/C19H21N3O3/c1-13(23)22-10-9-14-5-3-4-6-16(14)17(22)11-18(24)20-15-7-8-19(25)21(2)12-15/h3-8,12,17H,9-11H2,1-2H3,(H,20,24)/t17-/m0/s1. The Hall–Kier alpha value is -2.89. The fourth-order valence-electron chi connectivity index (χ4n) is 3.30. The van der Waals surface area contributed by atoms with Crippen LogP contribution in [0.4, 0.5) is 5.69 Å². The van der Waals surface area contributed by atoms with Crippen LogP contribution in [0.15, 0.2) is 47.4 Å². The van der Waals surface area contributed by atoms with Crippen LogP contribution < -0.4 is 10.9 Å². The predicted molar refractivity (Wildman–Crippen MR) is 95.2 cm³/mol. The molecule has 0 saturated heterocycles. The highest BCUT2D eigenvalue weighted by atomic mass is 16.2. The van der Waals surface area contributed by atoms with E-state index >= 15 is 0 Å². The molecule has 0 unspecified atom stereocenters. The maximum absolute atomic E-state index is 12.5. The van der Waals surface area contributed by atoms with Crippen molar-refractivity contribution in [1.82, 2.24) is 9.47 Å². The molecule has 0 aliphatic carbocycles. The first-order valence-corrected chi connectivity index (χ1v) is 8.27. The van der Waals surface area contributed by atoms with E-state index in [9.17, 15) is 14.4 Å². The van der Waals surface area contributed by atoms with Crippen molar-refractivity contribution in [3.05, 3.63) is 64.1 Å². The lowest BCUT2D eigenvalue weighted by atomic mass is 9.90. The van der Waals surface area contributed by atoms with Gasteiger partial charge in [-0.2, -0.15) is 0 Å². The Bertz CT molecular complexity index is 872. The molecule has 1 aliphatic rings. The largest absolute Gasteiger partial charge is 0.335 e. The fraction of sp³-hybridized carbons (Fsp3) is 0.316. The quantitative estimate of drug-likeness (QED) is 0.928. The molecular formula is C19H21N3O3. The third kappa shape index (κ3) is 3.63. The number of carbonyl (C=O) groups is 2. The number of benzene rings is 1. The van der Waals surface area contributed by atoms with Crippen LogP contribution in [0.25, 0.3) is 0 Å². The molecule has 1 aromatic carbocycles. The minimum Gasteiger partial charge on any atom is -0.335 e. The van der Waals surface area contributed by atoms with Gasteiger partial charge >= 0.3 is 0 Å². The second kappa shape index (κ2) is 6.93. The van der Waals surface area contributed by atoms with Crippen LogP contribution in [0.5, 0.6) is 0 Å². The van der Waals surface area contributed by atoms with E-state index in [2.05, 4.69) is 5.32 Å². The minimum atomic E-state index is -0.269. The highest BCUT2D eigenvalue weighted by Gasteiger charge is 2.30. The number of rotatable bonds is 3. The van der Waals surface area contributed by atoms with Gasteiger partial charge in [-0.05, 0) is 23.6 Å². The van der Waals surface area contributed by atoms with Crippen LogP contribution in [0.2, 0.25) is 0 Å². The number of nitrogens with one attached hydrogen (secondary N) is 1. The van der Waals surface area contributed by atoms with E-state index in [1.807, 2.05) is 24.3 Å². The average Bonchev–Trinajstić information content (AvgIpc) is 2.58. The summed E-state index contributed by atoms with van der Waals surface area (Å²) in [5.41, 5.74) is 2.63. The molecule has 1 atom stereocenters. The van der Waals surface area contributed by atoms with Gasteiger partial charge < -0.3 is 14.8 Å². The van der Waals surface area contributed by atoms with Gasteiger partial charge in [-0.3, -0.25) is 14.4 Å². The fourth-order valence-corrected chi connectivity index (χ4v) is 3.30. The van der Waals surface area contributed by atoms with Crippen LogP contribution in [0, 0.1) is 0 Å². The van der Waals surface area contributed by atoms with Crippen molar-refractivity contribution < 1.29 is 9.59 Å². The van der Waals surface area contributed by atoms with Gasteiger partial charge in [0.2, 0.25) is 17.4 Å². The summed E-state index contributed by atoms with van der Waals surface area (Å²) in [5, 5.41) is 2.81. The zero-order valence-corrected chi connectivity index (χ0v) is 14.4. The van der Waals surface area contributed by atoms with Crippen LogP contribution in [-0.2, 0) is 23.1 Å². The van der Waals surface area contributed by atoms with Crippen LogP contribution >= 0.6 is 0 Å². The third-order valence-electron chi connectivity index (χ3n) is 4.57. The van der Waals surface area contributed by atoms with Gasteiger partial charge in [0.25, 0.3) is 0 Å². The Labute approximate surface area is 146 Å². The molecule has 1 N–H and O–H groups in total. The average molecular weight is 339 g/mol. The normalized spacial score (nSPS) is 16.2. The minimum absolute atomic E-state index is 0.0330. The first kappa shape index (κ1) is 17.0. The molecule has 0 radical (unpaired) electrons. The topological polar surface area (TPSA) is 71.4 Å². The van der Waals surface area contributed by atoms with Crippen molar-refractivity contribution in [3.63, 3.8) is 0 Å². The summed E-state index contributed by atoms with van der Waals surface area (Å²) < 4.78 is 1.41. The maximum Gasteiger partial charge on any atom is 0.250 e. The highest BCUT2D eigenvalue weighted by molar-refractivity contribution is 5.91. The van der Waals surface area contributed by atoms with Gasteiger partial charge in [-0.25, -0.2) is 0 Å². The molecular weight excluding hydrogens is 318 g/mol. The van der Waals surface area contributed by atoms with Gasteiger partial charge in [0, 0.05) is 32.8 Å². The van der Waals surface area contributed by atoms with E-state index in [4.69, 9.17) is 0 Å². The molecule has 0 spiro atoms. The lowest BCUT2D eigenvalue weighted by molar-refractivity contribution is -0.132. The molecule has 1 aliphatic heterocycles. The number of pyridine rings is 1. The number of nitrogens with zero attached hydrogens (tertiary/aromatic N) is 2. The Balaban J connectivity index is 1.81. The Morgan fingerprint density at radius 1 is 1.20 bits per heavy atom.